The van der Waals surface area contributed by atoms with E-state index in [1.54, 1.807) is 18.4 Å². The van der Waals surface area contributed by atoms with Gasteiger partial charge in [0, 0.05) is 43.8 Å². The molecule has 4 rings (SSSR count). The molecule has 1 aromatic carbocycles. The molecule has 1 atom stereocenters. The number of morpholine rings is 1. The van der Waals surface area contributed by atoms with Gasteiger partial charge in [-0.25, -0.2) is 0 Å². The number of nitrogens with zero attached hydrogens (tertiary/aromatic N) is 3. The lowest BCUT2D eigenvalue weighted by atomic mass is 10.2. The highest BCUT2D eigenvalue weighted by molar-refractivity contribution is 7.10. The molecule has 2 aromatic rings. The molecule has 2 aliphatic rings. The van der Waals surface area contributed by atoms with Gasteiger partial charge in [-0.2, -0.15) is 0 Å². The lowest BCUT2D eigenvalue weighted by molar-refractivity contribution is -0.117. The van der Waals surface area contributed by atoms with E-state index >= 15 is 0 Å². The minimum absolute atomic E-state index is 0.0610. The molecule has 30 heavy (non-hydrogen) atoms. The Balaban J connectivity index is 1.32. The molecule has 1 unspecified atom stereocenters. The first-order chi connectivity index (χ1) is 14.8. The quantitative estimate of drug-likeness (QED) is 0.544. The molecule has 1 fully saturated rings. The summed E-state index contributed by atoms with van der Waals surface area (Å²) in [5, 5.41) is 8.71. The summed E-state index contributed by atoms with van der Waals surface area (Å²) in [6.45, 7) is 5.05. The van der Waals surface area contributed by atoms with Gasteiger partial charge < -0.3 is 20.3 Å². The third-order valence-electron chi connectivity index (χ3n) is 5.64. The van der Waals surface area contributed by atoms with Gasteiger partial charge in [0.05, 0.1) is 25.8 Å². The van der Waals surface area contributed by atoms with Crippen LogP contribution in [-0.2, 0) is 16.0 Å². The van der Waals surface area contributed by atoms with Crippen LogP contribution in [0.25, 0.3) is 0 Å². The molecule has 3 heterocycles. The first kappa shape index (κ1) is 20.8. The summed E-state index contributed by atoms with van der Waals surface area (Å²) in [5.74, 6) is 0.705. The van der Waals surface area contributed by atoms with Crippen LogP contribution in [0.4, 0.5) is 5.69 Å². The number of guanidine groups is 1. The molecule has 0 aliphatic carbocycles. The highest BCUT2D eigenvalue weighted by Gasteiger charge is 2.25. The summed E-state index contributed by atoms with van der Waals surface area (Å²) < 4.78 is 5.52. The number of thiophene rings is 1. The van der Waals surface area contributed by atoms with Crippen molar-refractivity contribution in [2.45, 2.75) is 12.5 Å². The van der Waals surface area contributed by atoms with Crippen LogP contribution in [-0.4, -0.2) is 69.8 Å². The summed E-state index contributed by atoms with van der Waals surface area (Å²) >= 11 is 1.77. The van der Waals surface area contributed by atoms with Crippen molar-refractivity contribution in [1.29, 1.82) is 0 Å². The summed E-state index contributed by atoms with van der Waals surface area (Å²) in [5.41, 5.74) is 2.26. The number of fused-ring (bicyclic) bond motifs is 1. The van der Waals surface area contributed by atoms with E-state index in [-0.39, 0.29) is 18.5 Å². The van der Waals surface area contributed by atoms with Crippen LogP contribution < -0.4 is 15.5 Å². The number of ether oxygens (including phenoxy) is 1. The van der Waals surface area contributed by atoms with E-state index in [4.69, 9.17) is 4.74 Å². The van der Waals surface area contributed by atoms with Crippen molar-refractivity contribution in [1.82, 2.24) is 15.5 Å². The Hall–Kier alpha value is -2.42. The van der Waals surface area contributed by atoms with Crippen LogP contribution in [0.2, 0.25) is 0 Å². The molecule has 1 amide bonds. The van der Waals surface area contributed by atoms with Crippen molar-refractivity contribution in [3.8, 4) is 0 Å². The number of anilines is 1. The van der Waals surface area contributed by atoms with E-state index in [0.717, 1.165) is 51.5 Å². The Morgan fingerprint density at radius 2 is 2.00 bits per heavy atom. The second-order valence-electron chi connectivity index (χ2n) is 7.41. The average molecular weight is 428 g/mol. The molecule has 8 heteroatoms. The van der Waals surface area contributed by atoms with Crippen LogP contribution in [0, 0.1) is 0 Å². The van der Waals surface area contributed by atoms with Gasteiger partial charge in [-0.05, 0) is 29.5 Å². The standard InChI is InChI=1S/C22H29N5O2S/c1-23-22(25-16-21(28)27-9-8-17-5-2-3-6-18(17)27)24-15-19(20-7-4-14-30-20)26-10-12-29-13-11-26/h2-7,14,19H,8-13,15-16H2,1H3,(H2,23,24,25). The highest BCUT2D eigenvalue weighted by atomic mass is 32.1. The van der Waals surface area contributed by atoms with Gasteiger partial charge in [-0.15, -0.1) is 11.3 Å². The molecule has 7 nitrogen and oxygen atoms in total. The molecule has 160 valence electrons. The van der Waals surface area contributed by atoms with Crippen LogP contribution in [0.5, 0.6) is 0 Å². The number of aliphatic imine (C=N–C) groups is 1. The fourth-order valence-electron chi connectivity index (χ4n) is 4.05. The van der Waals surface area contributed by atoms with E-state index in [1.165, 1.54) is 10.4 Å². The van der Waals surface area contributed by atoms with Gasteiger partial charge >= 0.3 is 0 Å². The SMILES string of the molecule is CN=C(NCC(=O)N1CCc2ccccc21)NCC(c1cccs1)N1CCOCC1. The van der Waals surface area contributed by atoms with Gasteiger partial charge in [-0.1, -0.05) is 24.3 Å². The summed E-state index contributed by atoms with van der Waals surface area (Å²) in [6, 6.07) is 12.6. The van der Waals surface area contributed by atoms with Crippen LogP contribution in [0.1, 0.15) is 16.5 Å². The second kappa shape index (κ2) is 10.1. The van der Waals surface area contributed by atoms with Crippen LogP contribution in [0.15, 0.2) is 46.8 Å². The Morgan fingerprint density at radius 3 is 2.77 bits per heavy atom. The predicted octanol–water partition coefficient (Wildman–Crippen LogP) is 1.88. The smallest absolute Gasteiger partial charge is 0.246 e. The third kappa shape index (κ3) is 4.83. The minimum Gasteiger partial charge on any atom is -0.379 e. The number of hydrogen-bond donors (Lipinski definition) is 2. The van der Waals surface area contributed by atoms with Crippen molar-refractivity contribution in [2.24, 2.45) is 4.99 Å². The molecule has 2 aliphatic heterocycles. The van der Waals surface area contributed by atoms with Crippen molar-refractivity contribution in [3.05, 3.63) is 52.2 Å². The van der Waals surface area contributed by atoms with Gasteiger partial charge in [0.2, 0.25) is 5.91 Å². The fraction of sp³-hybridized carbons (Fsp3) is 0.455. The predicted molar refractivity (Wildman–Crippen MR) is 121 cm³/mol. The zero-order valence-electron chi connectivity index (χ0n) is 17.3. The Morgan fingerprint density at radius 1 is 1.17 bits per heavy atom. The second-order valence-corrected chi connectivity index (χ2v) is 8.39. The maximum Gasteiger partial charge on any atom is 0.246 e. The average Bonchev–Trinajstić information content (AvgIpc) is 3.47. The van der Waals surface area contributed by atoms with Crippen molar-refractivity contribution >= 4 is 28.9 Å². The molecule has 0 saturated carbocycles. The monoisotopic (exact) mass is 427 g/mol. The zero-order chi connectivity index (χ0) is 20.8. The first-order valence-corrected chi connectivity index (χ1v) is 11.3. The van der Waals surface area contributed by atoms with Crippen LogP contribution >= 0.6 is 11.3 Å². The van der Waals surface area contributed by atoms with E-state index in [2.05, 4.69) is 44.1 Å². The van der Waals surface area contributed by atoms with E-state index < -0.39 is 0 Å². The summed E-state index contributed by atoms with van der Waals surface area (Å²) in [6.07, 6.45) is 0.914. The molecular formula is C22H29N5O2S. The maximum atomic E-state index is 12.8. The molecule has 0 bridgehead atoms. The van der Waals surface area contributed by atoms with E-state index in [9.17, 15) is 4.79 Å². The number of para-hydroxylation sites is 1. The molecule has 1 saturated heterocycles. The molecule has 0 spiro atoms. The Kier molecular flexibility index (Phi) is 6.99. The normalized spacial score (nSPS) is 18.2. The number of amides is 1. The number of carbonyl (C=O) groups is 1. The number of nitrogens with one attached hydrogen (secondary N) is 2. The lowest BCUT2D eigenvalue weighted by Crippen LogP contribution is -2.48. The van der Waals surface area contributed by atoms with Crippen molar-refractivity contribution in [2.75, 3.05) is 57.9 Å². The topological polar surface area (TPSA) is 69.2 Å². The fourth-order valence-corrected chi connectivity index (χ4v) is 4.91. The van der Waals surface area contributed by atoms with Gasteiger partial charge in [0.15, 0.2) is 5.96 Å². The van der Waals surface area contributed by atoms with Gasteiger partial charge in [0.25, 0.3) is 0 Å². The number of carbonyl (C=O) groups excluding carboxylic acids is 1. The van der Waals surface area contributed by atoms with Crippen molar-refractivity contribution in [3.63, 3.8) is 0 Å². The van der Waals surface area contributed by atoms with Crippen LogP contribution in [0.3, 0.4) is 0 Å². The number of rotatable bonds is 6. The molecule has 1 aromatic heterocycles. The largest absolute Gasteiger partial charge is 0.379 e. The van der Waals surface area contributed by atoms with Crippen molar-refractivity contribution < 1.29 is 9.53 Å². The minimum atomic E-state index is 0.0610. The first-order valence-electron chi connectivity index (χ1n) is 10.4. The molecular weight excluding hydrogens is 398 g/mol. The lowest BCUT2D eigenvalue weighted by Gasteiger charge is -2.34. The molecule has 0 radical (unpaired) electrons. The number of benzene rings is 1. The maximum absolute atomic E-state index is 12.8. The van der Waals surface area contributed by atoms with E-state index in [0.29, 0.717) is 5.96 Å². The summed E-state index contributed by atoms with van der Waals surface area (Å²) in [7, 11) is 1.74. The van der Waals surface area contributed by atoms with Gasteiger partial charge in [0.1, 0.15) is 0 Å². The number of hydrogen-bond acceptors (Lipinski definition) is 5. The summed E-state index contributed by atoms with van der Waals surface area (Å²) in [4.78, 5) is 22.7. The van der Waals surface area contributed by atoms with Gasteiger partial charge in [-0.3, -0.25) is 14.7 Å². The third-order valence-corrected chi connectivity index (χ3v) is 6.61. The Bertz CT molecular complexity index is 864. The molecule has 2 N–H and O–H groups in total. The highest BCUT2D eigenvalue weighted by Crippen LogP contribution is 2.27. The zero-order valence-corrected chi connectivity index (χ0v) is 18.2. The van der Waals surface area contributed by atoms with E-state index in [1.807, 2.05) is 23.1 Å². The Labute approximate surface area is 181 Å².